The highest BCUT2D eigenvalue weighted by molar-refractivity contribution is 5.26. The van der Waals surface area contributed by atoms with Crippen LogP contribution in [0.4, 0.5) is 0 Å². The molecule has 0 aliphatic carbocycles. The summed E-state index contributed by atoms with van der Waals surface area (Å²) in [4.78, 5) is 2.46. The summed E-state index contributed by atoms with van der Waals surface area (Å²) < 4.78 is 5.24. The predicted octanol–water partition coefficient (Wildman–Crippen LogP) is 2.38. The molecule has 1 fully saturated rings. The summed E-state index contributed by atoms with van der Waals surface area (Å²) in [6.45, 7) is 6.05. The Balaban J connectivity index is 1.77. The molecule has 1 unspecified atom stereocenters. The largest absolute Gasteiger partial charge is 0.360 e. The fourth-order valence-electron chi connectivity index (χ4n) is 2.76. The van der Waals surface area contributed by atoms with Crippen LogP contribution in [0.15, 0.2) is 41.1 Å². The number of hydrogen-bond acceptors (Lipinski definition) is 4. The standard InChI is InChI=1S/C16H21N3O/c1-2-13-3-5-14(6-4-13)16-11-17-9-10-19(16)12-15-7-8-18-20-15/h3-8,16-17H,2,9-12H2,1H3. The van der Waals surface area contributed by atoms with Gasteiger partial charge < -0.3 is 9.84 Å². The second-order valence-electron chi connectivity index (χ2n) is 5.26. The lowest BCUT2D eigenvalue weighted by molar-refractivity contribution is 0.138. The van der Waals surface area contributed by atoms with E-state index in [1.54, 1.807) is 6.20 Å². The molecule has 0 bridgehead atoms. The van der Waals surface area contributed by atoms with Crippen LogP contribution in [0.5, 0.6) is 0 Å². The summed E-state index contributed by atoms with van der Waals surface area (Å²) in [7, 11) is 0. The second-order valence-corrected chi connectivity index (χ2v) is 5.26. The minimum absolute atomic E-state index is 0.403. The number of piperazine rings is 1. The van der Waals surface area contributed by atoms with Gasteiger partial charge in [0.15, 0.2) is 5.76 Å². The number of nitrogens with one attached hydrogen (secondary N) is 1. The third-order valence-electron chi connectivity index (χ3n) is 3.98. The zero-order valence-corrected chi connectivity index (χ0v) is 11.9. The van der Waals surface area contributed by atoms with E-state index in [0.717, 1.165) is 38.4 Å². The van der Waals surface area contributed by atoms with Gasteiger partial charge in [0.1, 0.15) is 0 Å². The van der Waals surface area contributed by atoms with Gasteiger partial charge in [-0.2, -0.15) is 0 Å². The maximum atomic E-state index is 5.24. The Labute approximate surface area is 119 Å². The molecule has 0 amide bonds. The summed E-state index contributed by atoms with van der Waals surface area (Å²) >= 11 is 0. The van der Waals surface area contributed by atoms with Gasteiger partial charge in [-0.25, -0.2) is 0 Å². The van der Waals surface area contributed by atoms with Crippen molar-refractivity contribution in [2.45, 2.75) is 25.9 Å². The minimum atomic E-state index is 0.403. The predicted molar refractivity (Wildman–Crippen MR) is 78.3 cm³/mol. The molecule has 1 aromatic heterocycles. The molecule has 0 saturated carbocycles. The van der Waals surface area contributed by atoms with Gasteiger partial charge in [0.25, 0.3) is 0 Å². The second kappa shape index (κ2) is 6.20. The van der Waals surface area contributed by atoms with Crippen LogP contribution in [0, 0.1) is 0 Å². The first-order chi connectivity index (χ1) is 9.86. The molecule has 0 radical (unpaired) electrons. The van der Waals surface area contributed by atoms with Crippen LogP contribution in [0.2, 0.25) is 0 Å². The molecule has 4 nitrogen and oxygen atoms in total. The van der Waals surface area contributed by atoms with Crippen molar-refractivity contribution in [3.63, 3.8) is 0 Å². The number of nitrogens with zero attached hydrogens (tertiary/aromatic N) is 2. The number of rotatable bonds is 4. The van der Waals surface area contributed by atoms with Crippen molar-refractivity contribution < 1.29 is 4.52 Å². The lowest BCUT2D eigenvalue weighted by Crippen LogP contribution is -2.45. The summed E-state index contributed by atoms with van der Waals surface area (Å²) in [5.74, 6) is 0.932. The van der Waals surface area contributed by atoms with E-state index in [1.807, 2.05) is 6.07 Å². The maximum Gasteiger partial charge on any atom is 0.150 e. The first-order valence-corrected chi connectivity index (χ1v) is 7.30. The fraction of sp³-hybridized carbons (Fsp3) is 0.438. The van der Waals surface area contributed by atoms with Gasteiger partial charge in [-0.3, -0.25) is 4.90 Å². The van der Waals surface area contributed by atoms with Crippen LogP contribution < -0.4 is 5.32 Å². The summed E-state index contributed by atoms with van der Waals surface area (Å²) in [6, 6.07) is 11.3. The quantitative estimate of drug-likeness (QED) is 0.927. The van der Waals surface area contributed by atoms with Crippen LogP contribution >= 0.6 is 0 Å². The van der Waals surface area contributed by atoms with Crippen LogP contribution in [-0.2, 0) is 13.0 Å². The summed E-state index contributed by atoms with van der Waals surface area (Å²) in [6.07, 6.45) is 2.80. The first-order valence-electron chi connectivity index (χ1n) is 7.30. The monoisotopic (exact) mass is 271 g/mol. The van der Waals surface area contributed by atoms with Gasteiger partial charge in [0.05, 0.1) is 12.7 Å². The smallest absolute Gasteiger partial charge is 0.150 e. The molecule has 20 heavy (non-hydrogen) atoms. The normalized spacial score (nSPS) is 20.1. The van der Waals surface area contributed by atoms with E-state index in [4.69, 9.17) is 4.52 Å². The van der Waals surface area contributed by atoms with E-state index in [9.17, 15) is 0 Å². The highest BCUT2D eigenvalue weighted by Crippen LogP contribution is 2.24. The summed E-state index contributed by atoms with van der Waals surface area (Å²) in [5.41, 5.74) is 2.76. The van der Waals surface area contributed by atoms with E-state index in [2.05, 4.69) is 46.6 Å². The lowest BCUT2D eigenvalue weighted by atomic mass is 10.0. The molecule has 1 atom stereocenters. The minimum Gasteiger partial charge on any atom is -0.360 e. The average Bonchev–Trinajstić information content (AvgIpc) is 3.01. The maximum absolute atomic E-state index is 5.24. The van der Waals surface area contributed by atoms with E-state index in [1.165, 1.54) is 11.1 Å². The van der Waals surface area contributed by atoms with Crippen molar-refractivity contribution in [1.29, 1.82) is 0 Å². The summed E-state index contributed by atoms with van der Waals surface area (Å²) in [5, 5.41) is 7.27. The fourth-order valence-corrected chi connectivity index (χ4v) is 2.76. The molecule has 0 spiro atoms. The molecule has 1 saturated heterocycles. The molecule has 2 heterocycles. The molecule has 106 valence electrons. The third kappa shape index (κ3) is 2.92. The van der Waals surface area contributed by atoms with Gasteiger partial charge in [-0.05, 0) is 17.5 Å². The molecule has 1 aliphatic rings. The molecular weight excluding hydrogens is 250 g/mol. The van der Waals surface area contributed by atoms with Gasteiger partial charge in [0, 0.05) is 31.7 Å². The highest BCUT2D eigenvalue weighted by atomic mass is 16.5. The Morgan fingerprint density at radius 1 is 1.30 bits per heavy atom. The van der Waals surface area contributed by atoms with E-state index < -0.39 is 0 Å². The van der Waals surface area contributed by atoms with E-state index in [0.29, 0.717) is 6.04 Å². The van der Waals surface area contributed by atoms with Crippen molar-refractivity contribution in [1.82, 2.24) is 15.4 Å². The molecule has 2 aromatic rings. The number of aromatic nitrogens is 1. The highest BCUT2D eigenvalue weighted by Gasteiger charge is 2.24. The Morgan fingerprint density at radius 2 is 2.15 bits per heavy atom. The van der Waals surface area contributed by atoms with Crippen molar-refractivity contribution in [3.8, 4) is 0 Å². The Kier molecular flexibility index (Phi) is 4.14. The Morgan fingerprint density at radius 3 is 2.85 bits per heavy atom. The van der Waals surface area contributed by atoms with Crippen LogP contribution in [0.3, 0.4) is 0 Å². The lowest BCUT2D eigenvalue weighted by Gasteiger charge is -2.35. The average molecular weight is 271 g/mol. The molecule has 4 heteroatoms. The van der Waals surface area contributed by atoms with Gasteiger partial charge in [0.2, 0.25) is 0 Å². The van der Waals surface area contributed by atoms with Crippen molar-refractivity contribution in [2.75, 3.05) is 19.6 Å². The topological polar surface area (TPSA) is 41.3 Å². The Hall–Kier alpha value is -1.65. The van der Waals surface area contributed by atoms with E-state index >= 15 is 0 Å². The Bertz CT molecular complexity index is 521. The first kappa shape index (κ1) is 13.3. The van der Waals surface area contributed by atoms with Crippen LogP contribution in [0.25, 0.3) is 0 Å². The molecular formula is C16H21N3O. The number of aryl methyl sites for hydroxylation is 1. The third-order valence-corrected chi connectivity index (χ3v) is 3.98. The van der Waals surface area contributed by atoms with Crippen molar-refractivity contribution in [2.24, 2.45) is 0 Å². The zero-order chi connectivity index (χ0) is 13.8. The number of benzene rings is 1. The molecule has 1 aliphatic heterocycles. The number of hydrogen-bond donors (Lipinski definition) is 1. The van der Waals surface area contributed by atoms with Gasteiger partial charge >= 0.3 is 0 Å². The van der Waals surface area contributed by atoms with Gasteiger partial charge in [-0.1, -0.05) is 36.3 Å². The van der Waals surface area contributed by atoms with E-state index in [-0.39, 0.29) is 0 Å². The van der Waals surface area contributed by atoms with Crippen molar-refractivity contribution in [3.05, 3.63) is 53.4 Å². The van der Waals surface area contributed by atoms with Crippen LogP contribution in [-0.4, -0.2) is 29.7 Å². The van der Waals surface area contributed by atoms with Crippen molar-refractivity contribution >= 4 is 0 Å². The molecule has 1 aromatic carbocycles. The SMILES string of the molecule is CCc1ccc(C2CNCCN2Cc2ccno2)cc1. The molecule has 3 rings (SSSR count). The van der Waals surface area contributed by atoms with Gasteiger partial charge in [-0.15, -0.1) is 0 Å². The zero-order valence-electron chi connectivity index (χ0n) is 11.9. The molecule has 1 N–H and O–H groups in total. The van der Waals surface area contributed by atoms with Crippen LogP contribution in [0.1, 0.15) is 29.9 Å².